The van der Waals surface area contributed by atoms with Crippen LogP contribution in [-0.2, 0) is 0 Å². The van der Waals surface area contributed by atoms with Crippen LogP contribution < -0.4 is 0 Å². The van der Waals surface area contributed by atoms with E-state index in [1.807, 2.05) is 6.07 Å². The topological polar surface area (TPSA) is 13.1 Å². The summed E-state index contributed by atoms with van der Waals surface area (Å²) in [4.78, 5) is 0. The molecule has 3 rings (SSSR count). The van der Waals surface area contributed by atoms with Gasteiger partial charge in [0.2, 0.25) is 0 Å². The third-order valence-electron chi connectivity index (χ3n) is 2.48. The molecule has 3 aromatic rings. The Labute approximate surface area is 104 Å². The van der Waals surface area contributed by atoms with E-state index in [1.54, 1.807) is 18.2 Å². The molecule has 16 heavy (non-hydrogen) atoms. The zero-order valence-electron chi connectivity index (χ0n) is 7.93. The minimum Gasteiger partial charge on any atom is -0.453 e. The van der Waals surface area contributed by atoms with Crippen molar-refractivity contribution in [1.29, 1.82) is 0 Å². The van der Waals surface area contributed by atoms with Crippen molar-refractivity contribution in [3.8, 4) is 0 Å². The van der Waals surface area contributed by atoms with Crippen LogP contribution in [0, 0.1) is 5.82 Å². The zero-order chi connectivity index (χ0) is 11.3. The summed E-state index contributed by atoms with van der Waals surface area (Å²) >= 11 is 9.25. The van der Waals surface area contributed by atoms with Crippen LogP contribution in [0.1, 0.15) is 0 Å². The van der Waals surface area contributed by atoms with Crippen LogP contribution in [0.4, 0.5) is 4.39 Å². The van der Waals surface area contributed by atoms with E-state index < -0.39 is 0 Å². The monoisotopic (exact) mass is 298 g/mol. The first kappa shape index (κ1) is 10.1. The first-order valence-corrected chi connectivity index (χ1v) is 5.79. The van der Waals surface area contributed by atoms with Gasteiger partial charge in [0.15, 0.2) is 11.4 Å². The Morgan fingerprint density at radius 3 is 2.81 bits per heavy atom. The third kappa shape index (κ3) is 1.35. The van der Waals surface area contributed by atoms with Crippen molar-refractivity contribution in [3.05, 3.63) is 45.6 Å². The van der Waals surface area contributed by atoms with E-state index in [2.05, 4.69) is 15.9 Å². The predicted octanol–water partition coefficient (Wildman–Crippen LogP) is 5.14. The molecule has 0 saturated carbocycles. The van der Waals surface area contributed by atoms with Crippen molar-refractivity contribution in [2.45, 2.75) is 0 Å². The summed E-state index contributed by atoms with van der Waals surface area (Å²) in [6, 6.07) is 8.31. The molecule has 0 bridgehead atoms. The Balaban J connectivity index is 2.60. The molecule has 1 heterocycles. The number of halogens is 3. The zero-order valence-corrected chi connectivity index (χ0v) is 10.3. The SMILES string of the molecule is Fc1ccc(Br)c2c1oc1cc(Cl)ccc12. The summed E-state index contributed by atoms with van der Waals surface area (Å²) < 4.78 is 19.8. The summed E-state index contributed by atoms with van der Waals surface area (Å²) in [5.74, 6) is -0.370. The maximum absolute atomic E-state index is 13.6. The average molecular weight is 300 g/mol. The Morgan fingerprint density at radius 1 is 1.19 bits per heavy atom. The van der Waals surface area contributed by atoms with Crippen LogP contribution >= 0.6 is 27.5 Å². The molecule has 0 amide bonds. The molecule has 0 fully saturated rings. The van der Waals surface area contributed by atoms with Crippen LogP contribution in [0.3, 0.4) is 0 Å². The fraction of sp³-hybridized carbons (Fsp3) is 0. The summed E-state index contributed by atoms with van der Waals surface area (Å²) in [6.45, 7) is 0. The van der Waals surface area contributed by atoms with E-state index in [9.17, 15) is 4.39 Å². The molecule has 0 aliphatic rings. The smallest absolute Gasteiger partial charge is 0.172 e. The highest BCUT2D eigenvalue weighted by Crippen LogP contribution is 2.36. The lowest BCUT2D eigenvalue weighted by molar-refractivity contribution is 0.584. The number of furan rings is 1. The van der Waals surface area contributed by atoms with Crippen LogP contribution in [0.25, 0.3) is 21.9 Å². The van der Waals surface area contributed by atoms with Gasteiger partial charge in [-0.05, 0) is 24.3 Å². The summed E-state index contributed by atoms with van der Waals surface area (Å²) in [5.41, 5.74) is 0.847. The maximum Gasteiger partial charge on any atom is 0.172 e. The number of rotatable bonds is 0. The van der Waals surface area contributed by atoms with E-state index in [0.717, 1.165) is 15.2 Å². The second-order valence-corrected chi connectivity index (χ2v) is 4.77. The Morgan fingerprint density at radius 2 is 2.00 bits per heavy atom. The number of hydrogen-bond donors (Lipinski definition) is 0. The number of hydrogen-bond acceptors (Lipinski definition) is 1. The second kappa shape index (κ2) is 3.47. The van der Waals surface area contributed by atoms with Gasteiger partial charge in [-0.25, -0.2) is 4.39 Å². The lowest BCUT2D eigenvalue weighted by atomic mass is 10.1. The highest BCUT2D eigenvalue weighted by atomic mass is 79.9. The Hall–Kier alpha value is -1.06. The molecule has 1 nitrogen and oxygen atoms in total. The highest BCUT2D eigenvalue weighted by Gasteiger charge is 2.13. The van der Waals surface area contributed by atoms with E-state index in [-0.39, 0.29) is 11.4 Å². The van der Waals surface area contributed by atoms with Gasteiger partial charge in [0.1, 0.15) is 5.58 Å². The van der Waals surface area contributed by atoms with Gasteiger partial charge in [0, 0.05) is 26.3 Å². The number of fused-ring (bicyclic) bond motifs is 3. The van der Waals surface area contributed by atoms with Crippen LogP contribution in [0.2, 0.25) is 5.02 Å². The quantitative estimate of drug-likeness (QED) is 0.560. The molecule has 80 valence electrons. The molecule has 0 spiro atoms. The number of benzene rings is 2. The van der Waals surface area contributed by atoms with E-state index in [1.165, 1.54) is 6.07 Å². The molecule has 0 aliphatic carbocycles. The van der Waals surface area contributed by atoms with Gasteiger partial charge in [-0.3, -0.25) is 0 Å². The average Bonchev–Trinajstić information content (AvgIpc) is 2.63. The standard InChI is InChI=1S/C12H5BrClFO/c13-8-3-4-9(15)12-11(8)7-2-1-6(14)5-10(7)16-12/h1-5H. The predicted molar refractivity (Wildman–Crippen MR) is 66.4 cm³/mol. The highest BCUT2D eigenvalue weighted by molar-refractivity contribution is 9.10. The summed E-state index contributed by atoms with van der Waals surface area (Å²) in [6.07, 6.45) is 0. The van der Waals surface area contributed by atoms with Gasteiger partial charge >= 0.3 is 0 Å². The molecule has 0 unspecified atom stereocenters. The molecule has 4 heteroatoms. The van der Waals surface area contributed by atoms with Gasteiger partial charge in [-0.15, -0.1) is 0 Å². The maximum atomic E-state index is 13.6. The van der Waals surface area contributed by atoms with E-state index in [0.29, 0.717) is 10.6 Å². The van der Waals surface area contributed by atoms with Crippen LogP contribution in [-0.4, -0.2) is 0 Å². The lowest BCUT2D eigenvalue weighted by Crippen LogP contribution is -1.75. The molecule has 0 atom stereocenters. The molecular formula is C12H5BrClFO. The van der Waals surface area contributed by atoms with Crippen molar-refractivity contribution in [2.75, 3.05) is 0 Å². The van der Waals surface area contributed by atoms with Crippen molar-refractivity contribution >= 4 is 49.5 Å². The van der Waals surface area contributed by atoms with Crippen molar-refractivity contribution in [2.24, 2.45) is 0 Å². The third-order valence-corrected chi connectivity index (χ3v) is 3.38. The minimum absolute atomic E-state index is 0.256. The van der Waals surface area contributed by atoms with Gasteiger partial charge in [-0.2, -0.15) is 0 Å². The second-order valence-electron chi connectivity index (χ2n) is 3.48. The lowest BCUT2D eigenvalue weighted by Gasteiger charge is -1.94. The fourth-order valence-corrected chi connectivity index (χ4v) is 2.47. The fourth-order valence-electron chi connectivity index (χ4n) is 1.78. The Kier molecular flexibility index (Phi) is 2.19. The summed E-state index contributed by atoms with van der Waals surface area (Å²) in [5, 5.41) is 2.17. The molecular weight excluding hydrogens is 294 g/mol. The largest absolute Gasteiger partial charge is 0.453 e. The molecule has 0 radical (unpaired) electrons. The van der Waals surface area contributed by atoms with Crippen LogP contribution in [0.5, 0.6) is 0 Å². The summed E-state index contributed by atoms with van der Waals surface area (Å²) in [7, 11) is 0. The van der Waals surface area contributed by atoms with Gasteiger partial charge in [0.05, 0.1) is 0 Å². The molecule has 0 N–H and O–H groups in total. The minimum atomic E-state index is -0.370. The first-order chi connectivity index (χ1) is 7.66. The first-order valence-electron chi connectivity index (χ1n) is 4.62. The van der Waals surface area contributed by atoms with Crippen molar-refractivity contribution in [1.82, 2.24) is 0 Å². The Bertz CT molecular complexity index is 705. The van der Waals surface area contributed by atoms with Crippen molar-refractivity contribution < 1.29 is 8.81 Å². The molecule has 0 aliphatic heterocycles. The normalized spacial score (nSPS) is 11.4. The van der Waals surface area contributed by atoms with E-state index >= 15 is 0 Å². The molecule has 2 aromatic carbocycles. The van der Waals surface area contributed by atoms with Gasteiger partial charge in [-0.1, -0.05) is 27.5 Å². The molecule has 0 saturated heterocycles. The van der Waals surface area contributed by atoms with E-state index in [4.69, 9.17) is 16.0 Å². The van der Waals surface area contributed by atoms with Crippen molar-refractivity contribution in [3.63, 3.8) is 0 Å². The van der Waals surface area contributed by atoms with Gasteiger partial charge in [0.25, 0.3) is 0 Å². The molecule has 1 aromatic heterocycles. The van der Waals surface area contributed by atoms with Crippen LogP contribution in [0.15, 0.2) is 39.2 Å². The van der Waals surface area contributed by atoms with Gasteiger partial charge < -0.3 is 4.42 Å².